The van der Waals surface area contributed by atoms with Gasteiger partial charge in [-0.3, -0.25) is 14.4 Å². The number of amides is 2. The van der Waals surface area contributed by atoms with Crippen LogP contribution in [-0.2, 0) is 19.2 Å². The lowest BCUT2D eigenvalue weighted by Crippen LogP contribution is -2.66. The number of fused-ring (bicyclic) bond motifs is 1. The molecule has 0 aromatic rings. The van der Waals surface area contributed by atoms with Crippen LogP contribution in [0.1, 0.15) is 12.8 Å². The fourth-order valence-corrected chi connectivity index (χ4v) is 2.81. The number of hydrogen-bond donors (Lipinski definition) is 1. The lowest BCUT2D eigenvalue weighted by molar-refractivity contribution is -0.242. The summed E-state index contributed by atoms with van der Waals surface area (Å²) in [5.74, 6) is -0.611. The van der Waals surface area contributed by atoms with E-state index in [2.05, 4.69) is 5.32 Å². The fraction of sp³-hybridized carbons (Fsp3) is 0.833. The van der Waals surface area contributed by atoms with E-state index >= 15 is 0 Å². The minimum Gasteiger partial charge on any atom is -0.353 e. The van der Waals surface area contributed by atoms with Gasteiger partial charge in [-0.1, -0.05) is 0 Å². The molecule has 0 aromatic heterocycles. The van der Waals surface area contributed by atoms with E-state index < -0.39 is 6.10 Å². The van der Waals surface area contributed by atoms with Crippen LogP contribution in [0, 0.1) is 0 Å². The molecule has 3 aliphatic rings. The fourth-order valence-electron chi connectivity index (χ4n) is 2.81. The van der Waals surface area contributed by atoms with E-state index in [1.807, 2.05) is 0 Å². The van der Waals surface area contributed by atoms with Crippen LogP contribution in [0.4, 0.5) is 0 Å². The molecule has 0 aromatic carbocycles. The number of likely N-dealkylation sites (tertiary alicyclic amines) is 1. The zero-order chi connectivity index (χ0) is 13.4. The quantitative estimate of drug-likeness (QED) is 0.634. The molecule has 3 aliphatic heterocycles. The van der Waals surface area contributed by atoms with Crippen molar-refractivity contribution >= 4 is 11.8 Å². The molecule has 3 rings (SSSR count). The number of carbonyl (C=O) groups is 2. The van der Waals surface area contributed by atoms with E-state index in [-0.39, 0.29) is 24.0 Å². The minimum absolute atomic E-state index is 0.130. The number of morpholine rings is 1. The van der Waals surface area contributed by atoms with Gasteiger partial charge in [0.25, 0.3) is 11.8 Å². The standard InChI is InChI=1S/C12H19N3O4/c1-18-15-8-7-13-4-3-9(8)19-10(12(15)17)11(16)14-5-2-6-14/h8-10,13H,2-7H2,1H3. The molecule has 1 N–H and O–H groups in total. The Kier molecular flexibility index (Phi) is 3.42. The third-order valence-electron chi connectivity index (χ3n) is 4.03. The van der Waals surface area contributed by atoms with Crippen molar-refractivity contribution in [2.75, 3.05) is 33.3 Å². The summed E-state index contributed by atoms with van der Waals surface area (Å²) in [5.41, 5.74) is 0. The van der Waals surface area contributed by atoms with E-state index in [0.717, 1.165) is 19.4 Å². The van der Waals surface area contributed by atoms with Crippen molar-refractivity contribution in [1.29, 1.82) is 0 Å². The average Bonchev–Trinajstić information content (AvgIpc) is 2.36. The maximum Gasteiger partial charge on any atom is 0.285 e. The van der Waals surface area contributed by atoms with Gasteiger partial charge in [0.15, 0.2) is 0 Å². The zero-order valence-electron chi connectivity index (χ0n) is 11.0. The van der Waals surface area contributed by atoms with Crippen LogP contribution < -0.4 is 5.32 Å². The van der Waals surface area contributed by atoms with E-state index in [9.17, 15) is 9.59 Å². The number of carbonyl (C=O) groups excluding carboxylic acids is 2. The first-order chi connectivity index (χ1) is 9.22. The molecular formula is C12H19N3O4. The smallest absolute Gasteiger partial charge is 0.285 e. The second kappa shape index (κ2) is 5.07. The van der Waals surface area contributed by atoms with Gasteiger partial charge < -0.3 is 15.0 Å². The lowest BCUT2D eigenvalue weighted by atomic mass is 9.99. The second-order valence-electron chi connectivity index (χ2n) is 5.14. The number of hydrogen-bond acceptors (Lipinski definition) is 5. The maximum atomic E-state index is 12.3. The summed E-state index contributed by atoms with van der Waals surface area (Å²) in [6.07, 6.45) is 0.617. The Morgan fingerprint density at radius 2 is 2.26 bits per heavy atom. The third-order valence-corrected chi connectivity index (χ3v) is 4.03. The van der Waals surface area contributed by atoms with E-state index in [1.54, 1.807) is 4.90 Å². The van der Waals surface area contributed by atoms with Gasteiger partial charge in [0.1, 0.15) is 0 Å². The van der Waals surface area contributed by atoms with Crippen molar-refractivity contribution in [3.63, 3.8) is 0 Å². The number of piperidine rings is 1. The highest BCUT2D eigenvalue weighted by molar-refractivity contribution is 6.03. The van der Waals surface area contributed by atoms with Gasteiger partial charge in [-0.25, -0.2) is 5.06 Å². The summed E-state index contributed by atoms with van der Waals surface area (Å²) < 4.78 is 5.75. The van der Waals surface area contributed by atoms with E-state index in [0.29, 0.717) is 19.6 Å². The lowest BCUT2D eigenvalue weighted by Gasteiger charge is -2.45. The first-order valence-corrected chi connectivity index (χ1v) is 6.74. The van der Waals surface area contributed by atoms with Crippen molar-refractivity contribution < 1.29 is 19.2 Å². The van der Waals surface area contributed by atoms with Crippen LogP contribution in [0.5, 0.6) is 0 Å². The van der Waals surface area contributed by atoms with Crippen molar-refractivity contribution in [1.82, 2.24) is 15.3 Å². The molecule has 3 saturated heterocycles. The molecule has 0 saturated carbocycles. The number of hydroxylamine groups is 2. The van der Waals surface area contributed by atoms with Gasteiger partial charge in [0, 0.05) is 19.6 Å². The number of ether oxygens (including phenoxy) is 1. The summed E-state index contributed by atoms with van der Waals surface area (Å²) in [6, 6.07) is -0.147. The summed E-state index contributed by atoms with van der Waals surface area (Å²) in [4.78, 5) is 31.3. The van der Waals surface area contributed by atoms with Crippen molar-refractivity contribution in [2.45, 2.75) is 31.1 Å². The van der Waals surface area contributed by atoms with Crippen LogP contribution >= 0.6 is 0 Å². The average molecular weight is 269 g/mol. The van der Waals surface area contributed by atoms with Crippen LogP contribution in [-0.4, -0.2) is 73.3 Å². The molecule has 19 heavy (non-hydrogen) atoms. The van der Waals surface area contributed by atoms with Crippen LogP contribution in [0.2, 0.25) is 0 Å². The molecule has 3 fully saturated rings. The predicted molar refractivity (Wildman–Crippen MR) is 65.0 cm³/mol. The highest BCUT2D eigenvalue weighted by Gasteiger charge is 2.48. The zero-order valence-corrected chi connectivity index (χ0v) is 11.0. The molecule has 2 amide bonds. The molecule has 0 radical (unpaired) electrons. The molecule has 7 heteroatoms. The number of nitrogens with zero attached hydrogens (tertiary/aromatic N) is 2. The van der Waals surface area contributed by atoms with E-state index in [4.69, 9.17) is 9.57 Å². The first kappa shape index (κ1) is 12.8. The van der Waals surface area contributed by atoms with Gasteiger partial charge in [-0.2, -0.15) is 0 Å². The number of rotatable bonds is 2. The SMILES string of the molecule is CON1C(=O)C(C(=O)N2CCC2)OC2CCNCC21. The second-order valence-corrected chi connectivity index (χ2v) is 5.14. The molecular weight excluding hydrogens is 250 g/mol. The van der Waals surface area contributed by atoms with Gasteiger partial charge in [0.2, 0.25) is 6.10 Å². The molecule has 106 valence electrons. The van der Waals surface area contributed by atoms with Crippen LogP contribution in [0.3, 0.4) is 0 Å². The highest BCUT2D eigenvalue weighted by atomic mass is 16.7. The molecule has 3 atom stereocenters. The Morgan fingerprint density at radius 3 is 2.89 bits per heavy atom. The number of nitrogens with one attached hydrogen (secondary N) is 1. The molecule has 0 bridgehead atoms. The largest absolute Gasteiger partial charge is 0.353 e. The Labute approximate surface area is 111 Å². The van der Waals surface area contributed by atoms with E-state index in [1.165, 1.54) is 12.2 Å². The summed E-state index contributed by atoms with van der Waals surface area (Å²) in [7, 11) is 1.46. The Bertz CT molecular complexity index is 385. The monoisotopic (exact) mass is 269 g/mol. The van der Waals surface area contributed by atoms with Crippen LogP contribution in [0.25, 0.3) is 0 Å². The third kappa shape index (κ3) is 2.11. The van der Waals surface area contributed by atoms with Crippen molar-refractivity contribution in [3.05, 3.63) is 0 Å². The molecule has 7 nitrogen and oxygen atoms in total. The Morgan fingerprint density at radius 1 is 1.47 bits per heavy atom. The summed E-state index contributed by atoms with van der Waals surface area (Å²) in [5, 5.41) is 4.52. The summed E-state index contributed by atoms with van der Waals surface area (Å²) in [6.45, 7) is 2.90. The normalized spacial score (nSPS) is 34.8. The molecule has 3 unspecified atom stereocenters. The van der Waals surface area contributed by atoms with Gasteiger partial charge in [-0.15, -0.1) is 0 Å². The van der Waals surface area contributed by atoms with Gasteiger partial charge in [-0.05, 0) is 19.4 Å². The Balaban J connectivity index is 1.77. The predicted octanol–water partition coefficient (Wildman–Crippen LogP) is -1.26. The minimum atomic E-state index is -1.03. The highest BCUT2D eigenvalue weighted by Crippen LogP contribution is 2.25. The van der Waals surface area contributed by atoms with Gasteiger partial charge in [0.05, 0.1) is 19.3 Å². The first-order valence-electron chi connectivity index (χ1n) is 6.74. The molecule has 0 aliphatic carbocycles. The molecule has 0 spiro atoms. The topological polar surface area (TPSA) is 71.1 Å². The maximum absolute atomic E-state index is 12.3. The molecule has 3 heterocycles. The Hall–Kier alpha value is -1.18. The van der Waals surface area contributed by atoms with Crippen LogP contribution in [0.15, 0.2) is 0 Å². The van der Waals surface area contributed by atoms with Gasteiger partial charge >= 0.3 is 0 Å². The van der Waals surface area contributed by atoms with Crippen molar-refractivity contribution in [3.8, 4) is 0 Å². The van der Waals surface area contributed by atoms with Crippen molar-refractivity contribution in [2.24, 2.45) is 0 Å². The summed E-state index contributed by atoms with van der Waals surface area (Å²) >= 11 is 0.